The molecule has 1 aromatic carbocycles. The molecule has 2 bridgehead atoms. The third kappa shape index (κ3) is 3.81. The fraction of sp³-hybridized carbons (Fsp3) is 0.414. The molecule has 6 rings (SSSR count). The summed E-state index contributed by atoms with van der Waals surface area (Å²) in [7, 11) is 0. The minimum absolute atomic E-state index is 0.258. The first kappa shape index (κ1) is 22.7. The lowest BCUT2D eigenvalue weighted by Gasteiger charge is -2.26. The van der Waals surface area contributed by atoms with E-state index in [1.807, 2.05) is 22.7 Å². The molecule has 2 fully saturated rings. The predicted molar refractivity (Wildman–Crippen MR) is 141 cm³/mol. The maximum absolute atomic E-state index is 12.0. The average molecular weight is 479 g/mol. The minimum atomic E-state index is 0.258. The van der Waals surface area contributed by atoms with Crippen LogP contribution in [0.2, 0.25) is 0 Å². The van der Waals surface area contributed by atoms with Crippen LogP contribution in [0.4, 0.5) is 5.69 Å². The van der Waals surface area contributed by atoms with Crippen molar-refractivity contribution >= 4 is 28.4 Å². The Morgan fingerprint density at radius 1 is 1.11 bits per heavy atom. The summed E-state index contributed by atoms with van der Waals surface area (Å²) in [6.45, 7) is 6.01. The first-order valence-electron chi connectivity index (χ1n) is 12.8. The van der Waals surface area contributed by atoms with Crippen molar-refractivity contribution in [1.29, 1.82) is 5.26 Å². The lowest BCUT2D eigenvalue weighted by molar-refractivity contribution is -0.122. The Balaban J connectivity index is 1.26. The number of carbonyl (C=O) groups is 1. The van der Waals surface area contributed by atoms with Gasteiger partial charge in [0.1, 0.15) is 11.9 Å². The van der Waals surface area contributed by atoms with E-state index in [2.05, 4.69) is 58.7 Å². The molecule has 0 amide bonds. The van der Waals surface area contributed by atoms with E-state index in [1.165, 1.54) is 5.71 Å². The molecule has 1 aliphatic heterocycles. The zero-order chi connectivity index (χ0) is 25.0. The van der Waals surface area contributed by atoms with Crippen molar-refractivity contribution in [3.63, 3.8) is 0 Å². The van der Waals surface area contributed by atoms with Gasteiger partial charge < -0.3 is 5.32 Å². The molecule has 7 heteroatoms. The van der Waals surface area contributed by atoms with Crippen molar-refractivity contribution < 1.29 is 4.79 Å². The molecule has 2 aliphatic carbocycles. The standard InChI is InChI=1S/C29H30N6O/c1-16(2)32-26-12-19(29-7-5-22-8-18(14-30)15-31-35(22)29)4-6-23(26)27-13-28(34-33-27)25-11-20-9-21(25)10-24(20)17(3)36/h4-8,12,15-16,20-21,24-25,32H,9-11,13H2,1-3H3/t20-,21-,24?,25?/m0/s1. The van der Waals surface area contributed by atoms with E-state index in [0.717, 1.165) is 59.4 Å². The van der Waals surface area contributed by atoms with Gasteiger partial charge in [-0.3, -0.25) is 4.79 Å². The van der Waals surface area contributed by atoms with E-state index in [4.69, 9.17) is 0 Å². The van der Waals surface area contributed by atoms with Gasteiger partial charge in [0.15, 0.2) is 0 Å². The molecule has 0 radical (unpaired) electrons. The van der Waals surface area contributed by atoms with E-state index in [1.54, 1.807) is 13.1 Å². The van der Waals surface area contributed by atoms with Crippen molar-refractivity contribution in [3.8, 4) is 17.3 Å². The zero-order valence-corrected chi connectivity index (χ0v) is 20.9. The van der Waals surface area contributed by atoms with E-state index in [-0.39, 0.29) is 12.0 Å². The lowest BCUT2D eigenvalue weighted by Crippen LogP contribution is -2.27. The molecular weight excluding hydrogens is 448 g/mol. The molecular formula is C29H30N6O. The third-order valence-corrected chi connectivity index (χ3v) is 8.15. The lowest BCUT2D eigenvalue weighted by atomic mass is 9.77. The average Bonchev–Trinajstić information content (AvgIpc) is 3.66. The highest BCUT2D eigenvalue weighted by molar-refractivity contribution is 6.18. The van der Waals surface area contributed by atoms with Crippen LogP contribution in [0, 0.1) is 35.0 Å². The summed E-state index contributed by atoms with van der Waals surface area (Å²) < 4.78 is 1.87. The van der Waals surface area contributed by atoms with Crippen LogP contribution in [-0.4, -0.2) is 32.9 Å². The Morgan fingerprint density at radius 2 is 1.97 bits per heavy atom. The molecule has 3 aliphatic rings. The van der Waals surface area contributed by atoms with Crippen molar-refractivity contribution in [1.82, 2.24) is 9.61 Å². The minimum Gasteiger partial charge on any atom is -0.382 e. The topological polar surface area (TPSA) is 94.9 Å². The Hall–Kier alpha value is -3.79. The molecule has 0 spiro atoms. The van der Waals surface area contributed by atoms with Gasteiger partial charge >= 0.3 is 0 Å². The van der Waals surface area contributed by atoms with Crippen LogP contribution in [0.15, 0.2) is 52.8 Å². The number of aromatic nitrogens is 2. The molecule has 3 aromatic rings. The van der Waals surface area contributed by atoms with Gasteiger partial charge in [0.2, 0.25) is 0 Å². The van der Waals surface area contributed by atoms with Crippen molar-refractivity contribution in [2.45, 2.75) is 52.5 Å². The Morgan fingerprint density at radius 3 is 2.69 bits per heavy atom. The molecule has 36 heavy (non-hydrogen) atoms. The number of hydrogen-bond acceptors (Lipinski definition) is 6. The van der Waals surface area contributed by atoms with Gasteiger partial charge in [0.05, 0.1) is 28.7 Å². The number of hydrogen-bond donors (Lipinski definition) is 1. The fourth-order valence-electron chi connectivity index (χ4n) is 6.57. The highest BCUT2D eigenvalue weighted by Gasteiger charge is 2.49. The summed E-state index contributed by atoms with van der Waals surface area (Å²) in [5.74, 6) is 2.17. The van der Waals surface area contributed by atoms with Crippen molar-refractivity contribution in [3.05, 3.63) is 53.7 Å². The largest absolute Gasteiger partial charge is 0.382 e. The first-order valence-corrected chi connectivity index (χ1v) is 12.8. The predicted octanol–water partition coefficient (Wildman–Crippen LogP) is 5.49. The highest BCUT2D eigenvalue weighted by Crippen LogP contribution is 2.53. The molecule has 2 unspecified atom stereocenters. The van der Waals surface area contributed by atoms with Gasteiger partial charge in [-0.25, -0.2) is 4.52 Å². The van der Waals surface area contributed by atoms with Crippen LogP contribution < -0.4 is 5.32 Å². The van der Waals surface area contributed by atoms with Crippen LogP contribution in [0.1, 0.15) is 57.6 Å². The summed E-state index contributed by atoms with van der Waals surface area (Å²) in [6.07, 6.45) is 5.63. The number of carbonyl (C=O) groups excluding carboxylic acids is 1. The molecule has 3 heterocycles. The van der Waals surface area contributed by atoms with E-state index < -0.39 is 0 Å². The summed E-state index contributed by atoms with van der Waals surface area (Å²) in [5, 5.41) is 26.6. The van der Waals surface area contributed by atoms with Crippen LogP contribution >= 0.6 is 0 Å². The normalized spacial score (nSPS) is 24.8. The molecule has 4 atom stereocenters. The number of ketones is 1. The van der Waals surface area contributed by atoms with E-state index in [9.17, 15) is 10.1 Å². The highest BCUT2D eigenvalue weighted by atomic mass is 16.1. The Bertz CT molecular complexity index is 1470. The second kappa shape index (κ2) is 8.70. The Kier molecular flexibility index (Phi) is 5.48. The van der Waals surface area contributed by atoms with Gasteiger partial charge in [0.25, 0.3) is 0 Å². The summed E-state index contributed by atoms with van der Waals surface area (Å²) in [6, 6.07) is 14.7. The number of anilines is 1. The quantitative estimate of drug-likeness (QED) is 0.506. The van der Waals surface area contributed by atoms with Crippen LogP contribution in [0.25, 0.3) is 16.8 Å². The van der Waals surface area contributed by atoms with Crippen LogP contribution in [0.5, 0.6) is 0 Å². The number of nitrogens with zero attached hydrogens (tertiary/aromatic N) is 5. The van der Waals surface area contributed by atoms with Gasteiger partial charge in [-0.05, 0) is 76.1 Å². The number of Topliss-reactive ketones (excluding diaryl/α,β-unsaturated/α-hetero) is 1. The molecule has 0 saturated heterocycles. The number of fused-ring (bicyclic) bond motifs is 3. The Labute approximate surface area is 210 Å². The van der Waals surface area contributed by atoms with Crippen molar-refractivity contribution in [2.24, 2.45) is 33.9 Å². The van der Waals surface area contributed by atoms with Crippen LogP contribution in [-0.2, 0) is 4.79 Å². The van der Waals surface area contributed by atoms with Gasteiger partial charge in [-0.15, -0.1) is 0 Å². The van der Waals surface area contributed by atoms with E-state index >= 15 is 0 Å². The number of nitriles is 1. The van der Waals surface area contributed by atoms with Gasteiger partial charge in [-0.1, -0.05) is 12.1 Å². The molecule has 2 saturated carbocycles. The monoisotopic (exact) mass is 478 g/mol. The van der Waals surface area contributed by atoms with Gasteiger partial charge in [-0.2, -0.15) is 20.6 Å². The summed E-state index contributed by atoms with van der Waals surface area (Å²) in [4.78, 5) is 12.0. The molecule has 7 nitrogen and oxygen atoms in total. The van der Waals surface area contributed by atoms with Gasteiger partial charge in [0, 0.05) is 46.8 Å². The maximum Gasteiger partial charge on any atom is 0.133 e. The fourth-order valence-corrected chi connectivity index (χ4v) is 6.57. The second-order valence-electron chi connectivity index (χ2n) is 10.8. The smallest absolute Gasteiger partial charge is 0.133 e. The van der Waals surface area contributed by atoms with Crippen LogP contribution in [0.3, 0.4) is 0 Å². The number of nitrogens with one attached hydrogen (secondary N) is 1. The SMILES string of the molecule is CC(=O)C1C[C@@H]2C[C@H]1CC2C1=NN=C(c2ccc(-c3ccc4cc(C#N)cnn34)cc2NC(C)C)C1. The molecule has 2 aromatic heterocycles. The molecule has 1 N–H and O–H groups in total. The molecule has 182 valence electrons. The van der Waals surface area contributed by atoms with Crippen molar-refractivity contribution in [2.75, 3.05) is 5.32 Å². The number of rotatable bonds is 6. The zero-order valence-electron chi connectivity index (χ0n) is 20.9. The maximum atomic E-state index is 12.0. The number of benzene rings is 1. The second-order valence-corrected chi connectivity index (χ2v) is 10.8. The van der Waals surface area contributed by atoms with E-state index in [0.29, 0.717) is 29.1 Å². The summed E-state index contributed by atoms with van der Waals surface area (Å²) >= 11 is 0. The first-order chi connectivity index (χ1) is 17.4. The summed E-state index contributed by atoms with van der Waals surface area (Å²) in [5.41, 5.74) is 7.76. The third-order valence-electron chi connectivity index (χ3n) is 8.15.